The summed E-state index contributed by atoms with van der Waals surface area (Å²) in [5, 5.41) is 9.31. The summed E-state index contributed by atoms with van der Waals surface area (Å²) in [6.45, 7) is 0. The van der Waals surface area contributed by atoms with Crippen LogP contribution in [0.3, 0.4) is 0 Å². The summed E-state index contributed by atoms with van der Waals surface area (Å²) in [6.07, 6.45) is 0. The van der Waals surface area contributed by atoms with Gasteiger partial charge in [0.05, 0.1) is 39.5 Å². The summed E-state index contributed by atoms with van der Waals surface area (Å²) < 4.78 is 9.35. The maximum atomic E-state index is 6.91. The van der Waals surface area contributed by atoms with E-state index in [-0.39, 0.29) is 0 Å². The van der Waals surface area contributed by atoms with E-state index >= 15 is 0 Å². The van der Waals surface area contributed by atoms with Crippen molar-refractivity contribution in [3.8, 4) is 27.9 Å². The van der Waals surface area contributed by atoms with Crippen molar-refractivity contribution in [2.24, 2.45) is 0 Å². The molecule has 0 saturated heterocycles. The van der Waals surface area contributed by atoms with E-state index in [0.717, 1.165) is 89.3 Å². The van der Waals surface area contributed by atoms with Crippen molar-refractivity contribution in [2.75, 3.05) is 9.80 Å². The molecule has 0 fully saturated rings. The van der Waals surface area contributed by atoms with E-state index in [9.17, 15) is 0 Å². The molecule has 4 heteroatoms. The molecule has 0 radical (unpaired) electrons. The number of aromatic nitrogens is 1. The highest BCUT2D eigenvalue weighted by molar-refractivity contribution is 6.15. The summed E-state index contributed by atoms with van der Waals surface area (Å²) in [4.78, 5) is 4.85. The second-order valence-corrected chi connectivity index (χ2v) is 18.5. The highest BCUT2D eigenvalue weighted by atomic mass is 16.3. The van der Waals surface area contributed by atoms with Gasteiger partial charge in [0.2, 0.25) is 0 Å². The van der Waals surface area contributed by atoms with Gasteiger partial charge in [0.25, 0.3) is 0 Å². The Bertz CT molecular complexity index is 4270. The zero-order valence-corrected chi connectivity index (χ0v) is 39.2. The summed E-state index contributed by atoms with van der Waals surface area (Å²) in [5.74, 6) is 0. The Morgan fingerprint density at radius 2 is 0.736 bits per heavy atom. The average molecular weight is 920 g/mol. The van der Waals surface area contributed by atoms with Gasteiger partial charge in [-0.1, -0.05) is 200 Å². The normalized spacial score (nSPS) is 11.6. The van der Waals surface area contributed by atoms with Crippen molar-refractivity contribution < 1.29 is 4.42 Å². The van der Waals surface area contributed by atoms with E-state index in [1.165, 1.54) is 38.1 Å². The minimum atomic E-state index is 0.823. The molecule has 0 bridgehead atoms. The summed E-state index contributed by atoms with van der Waals surface area (Å²) >= 11 is 0. The lowest BCUT2D eigenvalue weighted by Crippen LogP contribution is -2.15. The number of benzene rings is 12. The van der Waals surface area contributed by atoms with Crippen molar-refractivity contribution in [1.82, 2.24) is 4.57 Å². The molecule has 72 heavy (non-hydrogen) atoms. The molecule has 14 rings (SSSR count). The SMILES string of the molecule is c1ccc(-c2ccc(N(c3cc(N(c4ccc(-c5ccccc5)cc4)c4cccc5c4oc4ccccc45)cc(-n4c5ccccc5c5ccccc54)c3)c3cc4ccccc4c4ccccc34)cc2)cc1. The molecular weight excluding hydrogens is 875 g/mol. The molecule has 0 N–H and O–H groups in total. The third kappa shape index (κ3) is 6.92. The van der Waals surface area contributed by atoms with Crippen LogP contribution in [0.15, 0.2) is 277 Å². The number of fused-ring (bicyclic) bond motifs is 9. The Kier molecular flexibility index (Phi) is 9.82. The van der Waals surface area contributed by atoms with Gasteiger partial charge in [-0.05, 0) is 111 Å². The number of hydrogen-bond donors (Lipinski definition) is 0. The summed E-state index contributed by atoms with van der Waals surface area (Å²) in [7, 11) is 0. The lowest BCUT2D eigenvalue weighted by molar-refractivity contribution is 0.669. The first kappa shape index (κ1) is 41.3. The van der Waals surface area contributed by atoms with Crippen molar-refractivity contribution >= 4 is 99.4 Å². The van der Waals surface area contributed by atoms with Gasteiger partial charge in [-0.15, -0.1) is 0 Å². The van der Waals surface area contributed by atoms with Crippen LogP contribution in [0.5, 0.6) is 0 Å². The van der Waals surface area contributed by atoms with Crippen LogP contribution >= 0.6 is 0 Å². The van der Waals surface area contributed by atoms with Crippen molar-refractivity contribution in [3.63, 3.8) is 0 Å². The number of para-hydroxylation sites is 4. The van der Waals surface area contributed by atoms with Crippen LogP contribution < -0.4 is 9.80 Å². The number of anilines is 6. The van der Waals surface area contributed by atoms with Crippen molar-refractivity contribution in [3.05, 3.63) is 273 Å². The van der Waals surface area contributed by atoms with Gasteiger partial charge < -0.3 is 18.8 Å². The van der Waals surface area contributed by atoms with Gasteiger partial charge in [0, 0.05) is 38.3 Å². The molecule has 0 saturated carbocycles. The highest BCUT2D eigenvalue weighted by Gasteiger charge is 2.25. The quantitative estimate of drug-likeness (QED) is 0.135. The van der Waals surface area contributed by atoms with Crippen LogP contribution in [-0.2, 0) is 0 Å². The molecule has 0 spiro atoms. The lowest BCUT2D eigenvalue weighted by Gasteiger charge is -2.31. The van der Waals surface area contributed by atoms with E-state index in [1.54, 1.807) is 0 Å². The molecule has 12 aromatic carbocycles. The highest BCUT2D eigenvalue weighted by Crippen LogP contribution is 2.48. The molecule has 14 aromatic rings. The second kappa shape index (κ2) is 17.1. The first-order chi connectivity index (χ1) is 35.7. The molecule has 2 aromatic heterocycles. The van der Waals surface area contributed by atoms with E-state index in [2.05, 4.69) is 281 Å². The summed E-state index contributed by atoms with van der Waals surface area (Å²) in [6, 6.07) is 98.7. The van der Waals surface area contributed by atoms with Gasteiger partial charge in [-0.3, -0.25) is 0 Å². The Balaban J connectivity index is 1.09. The number of furan rings is 1. The van der Waals surface area contributed by atoms with Crippen molar-refractivity contribution in [2.45, 2.75) is 0 Å². The lowest BCUT2D eigenvalue weighted by atomic mass is 9.98. The first-order valence-electron chi connectivity index (χ1n) is 24.6. The van der Waals surface area contributed by atoms with Crippen LogP contribution in [0.1, 0.15) is 0 Å². The third-order valence-electron chi connectivity index (χ3n) is 14.3. The van der Waals surface area contributed by atoms with Gasteiger partial charge in [0.1, 0.15) is 5.58 Å². The molecule has 2 heterocycles. The monoisotopic (exact) mass is 919 g/mol. The molecule has 4 nitrogen and oxygen atoms in total. The molecule has 338 valence electrons. The Labute approximate surface area is 417 Å². The largest absolute Gasteiger partial charge is 0.454 e. The third-order valence-corrected chi connectivity index (χ3v) is 14.3. The molecule has 0 aliphatic carbocycles. The van der Waals surface area contributed by atoms with Gasteiger partial charge in [-0.2, -0.15) is 0 Å². The van der Waals surface area contributed by atoms with Crippen molar-refractivity contribution in [1.29, 1.82) is 0 Å². The predicted octanol–water partition coefficient (Wildman–Crippen LogP) is 19.3. The molecule has 0 atom stereocenters. The number of hydrogen-bond acceptors (Lipinski definition) is 3. The first-order valence-corrected chi connectivity index (χ1v) is 24.6. The zero-order valence-electron chi connectivity index (χ0n) is 39.2. The Morgan fingerprint density at radius 1 is 0.278 bits per heavy atom. The van der Waals surface area contributed by atoms with Crippen LogP contribution in [-0.4, -0.2) is 4.57 Å². The molecule has 0 amide bonds. The maximum Gasteiger partial charge on any atom is 0.159 e. The Morgan fingerprint density at radius 3 is 1.35 bits per heavy atom. The Hall–Kier alpha value is -9.64. The second-order valence-electron chi connectivity index (χ2n) is 18.5. The summed E-state index contributed by atoms with van der Waals surface area (Å²) in [5.41, 5.74) is 15.7. The molecule has 0 aliphatic rings. The standard InChI is InChI=1S/C68H45N3O/c1-3-18-46(19-4-1)48-34-38-51(39-35-48)69(65-32-17-29-62-61-28-13-16-33-67(61)72-68(62)65)53-43-54(45-55(44-53)71-63-30-14-11-26-59(63)60-27-12-15-31-64(60)71)70(52-40-36-49(37-41-52)47-20-5-2-6-21-47)66-42-50-22-7-8-23-56(50)57-24-9-10-25-58(57)66/h1-45H. The minimum Gasteiger partial charge on any atom is -0.454 e. The predicted molar refractivity (Wildman–Crippen MR) is 303 cm³/mol. The fourth-order valence-electron chi connectivity index (χ4n) is 11.0. The molecule has 0 unspecified atom stereocenters. The minimum absolute atomic E-state index is 0.823. The molecular formula is C68H45N3O. The van der Waals surface area contributed by atoms with Crippen LogP contribution in [0.25, 0.3) is 93.2 Å². The number of rotatable bonds is 9. The fourth-order valence-corrected chi connectivity index (χ4v) is 11.0. The smallest absolute Gasteiger partial charge is 0.159 e. The topological polar surface area (TPSA) is 24.6 Å². The zero-order chi connectivity index (χ0) is 47.5. The fraction of sp³-hybridized carbons (Fsp3) is 0. The van der Waals surface area contributed by atoms with Crippen LogP contribution in [0.2, 0.25) is 0 Å². The average Bonchev–Trinajstić information content (AvgIpc) is 4.01. The van der Waals surface area contributed by atoms with Gasteiger partial charge in [-0.25, -0.2) is 0 Å². The van der Waals surface area contributed by atoms with Gasteiger partial charge >= 0.3 is 0 Å². The maximum absolute atomic E-state index is 6.91. The number of nitrogens with zero attached hydrogens (tertiary/aromatic N) is 3. The van der Waals surface area contributed by atoms with E-state index in [0.29, 0.717) is 0 Å². The van der Waals surface area contributed by atoms with Gasteiger partial charge in [0.15, 0.2) is 5.58 Å². The van der Waals surface area contributed by atoms with Crippen LogP contribution in [0, 0.1) is 0 Å². The van der Waals surface area contributed by atoms with E-state index < -0.39 is 0 Å². The van der Waals surface area contributed by atoms with Crippen LogP contribution in [0.4, 0.5) is 34.1 Å². The van der Waals surface area contributed by atoms with E-state index in [1.807, 2.05) is 6.07 Å². The molecule has 0 aliphatic heterocycles. The van der Waals surface area contributed by atoms with E-state index in [4.69, 9.17) is 4.42 Å².